The molecule has 0 aliphatic rings. The van der Waals surface area contributed by atoms with Crippen molar-refractivity contribution >= 4 is 11.9 Å². The standard InChI is InChI=1S/C16H25N3O2/c1-11(2)17-16(21)18-15(20)13(4)19(5)10-14-9-7-6-8-12(14)3/h6-9,11,13H,10H2,1-5H3,(H2,17,18,20,21). The van der Waals surface area contributed by atoms with Crippen LogP contribution >= 0.6 is 0 Å². The highest BCUT2D eigenvalue weighted by Crippen LogP contribution is 2.11. The van der Waals surface area contributed by atoms with E-state index in [1.54, 1.807) is 6.92 Å². The smallest absolute Gasteiger partial charge is 0.321 e. The van der Waals surface area contributed by atoms with Crippen LogP contribution in [-0.4, -0.2) is 36.0 Å². The molecule has 3 amide bonds. The molecule has 0 heterocycles. The largest absolute Gasteiger partial charge is 0.336 e. The molecule has 116 valence electrons. The Morgan fingerprint density at radius 2 is 1.81 bits per heavy atom. The molecule has 0 bridgehead atoms. The first-order valence-electron chi connectivity index (χ1n) is 7.17. The Labute approximate surface area is 126 Å². The van der Waals surface area contributed by atoms with Gasteiger partial charge in [-0.3, -0.25) is 15.0 Å². The van der Waals surface area contributed by atoms with E-state index >= 15 is 0 Å². The number of benzene rings is 1. The molecule has 1 aromatic rings. The molecule has 2 N–H and O–H groups in total. The van der Waals surface area contributed by atoms with E-state index in [0.29, 0.717) is 6.54 Å². The highest BCUT2D eigenvalue weighted by Gasteiger charge is 2.20. The van der Waals surface area contributed by atoms with E-state index in [-0.39, 0.29) is 18.0 Å². The van der Waals surface area contributed by atoms with Gasteiger partial charge in [-0.2, -0.15) is 0 Å². The fraction of sp³-hybridized carbons (Fsp3) is 0.500. The second-order valence-electron chi connectivity index (χ2n) is 5.63. The summed E-state index contributed by atoms with van der Waals surface area (Å²) in [4.78, 5) is 25.5. The number of likely N-dealkylation sites (N-methyl/N-ethyl adjacent to an activating group) is 1. The van der Waals surface area contributed by atoms with Crippen molar-refractivity contribution in [2.24, 2.45) is 0 Å². The van der Waals surface area contributed by atoms with Gasteiger partial charge in [-0.15, -0.1) is 0 Å². The van der Waals surface area contributed by atoms with Crippen molar-refractivity contribution in [2.75, 3.05) is 7.05 Å². The van der Waals surface area contributed by atoms with Gasteiger partial charge >= 0.3 is 6.03 Å². The van der Waals surface area contributed by atoms with Crippen LogP contribution in [-0.2, 0) is 11.3 Å². The van der Waals surface area contributed by atoms with Gasteiger partial charge in [0.1, 0.15) is 0 Å². The zero-order valence-corrected chi connectivity index (χ0v) is 13.4. The normalized spacial score (nSPS) is 12.3. The summed E-state index contributed by atoms with van der Waals surface area (Å²) in [5.41, 5.74) is 2.36. The number of carbonyl (C=O) groups excluding carboxylic acids is 2. The molecule has 1 aromatic carbocycles. The molecular formula is C16H25N3O2. The second kappa shape index (κ2) is 7.78. The zero-order valence-electron chi connectivity index (χ0n) is 13.4. The van der Waals surface area contributed by atoms with E-state index in [4.69, 9.17) is 0 Å². The van der Waals surface area contributed by atoms with E-state index in [1.165, 1.54) is 11.1 Å². The number of rotatable bonds is 5. The lowest BCUT2D eigenvalue weighted by atomic mass is 10.1. The van der Waals surface area contributed by atoms with Crippen molar-refractivity contribution in [1.29, 1.82) is 0 Å². The summed E-state index contributed by atoms with van der Waals surface area (Å²) in [5.74, 6) is -0.302. The lowest BCUT2D eigenvalue weighted by molar-refractivity contribution is -0.124. The molecular weight excluding hydrogens is 266 g/mol. The number of carbonyl (C=O) groups is 2. The lowest BCUT2D eigenvalue weighted by Crippen LogP contribution is -2.49. The number of amides is 3. The number of urea groups is 1. The van der Waals surface area contributed by atoms with Gasteiger partial charge in [0.15, 0.2) is 0 Å². The predicted octanol–water partition coefficient (Wildman–Crippen LogP) is 2.05. The van der Waals surface area contributed by atoms with Crippen molar-refractivity contribution in [3.63, 3.8) is 0 Å². The van der Waals surface area contributed by atoms with Gasteiger partial charge in [0, 0.05) is 12.6 Å². The van der Waals surface area contributed by atoms with E-state index < -0.39 is 6.03 Å². The third-order valence-corrected chi connectivity index (χ3v) is 3.38. The van der Waals surface area contributed by atoms with E-state index in [0.717, 1.165) is 0 Å². The summed E-state index contributed by atoms with van der Waals surface area (Å²) >= 11 is 0. The van der Waals surface area contributed by atoms with E-state index in [1.807, 2.05) is 57.0 Å². The summed E-state index contributed by atoms with van der Waals surface area (Å²) in [6.07, 6.45) is 0. The third-order valence-electron chi connectivity index (χ3n) is 3.38. The summed E-state index contributed by atoms with van der Waals surface area (Å²) in [5, 5.41) is 5.00. The van der Waals surface area contributed by atoms with Crippen LogP contribution in [0.2, 0.25) is 0 Å². The van der Waals surface area contributed by atoms with Gasteiger partial charge in [-0.05, 0) is 45.9 Å². The predicted molar refractivity (Wildman–Crippen MR) is 83.9 cm³/mol. The topological polar surface area (TPSA) is 61.4 Å². The molecule has 0 aromatic heterocycles. The van der Waals surface area contributed by atoms with Gasteiger partial charge in [0.25, 0.3) is 0 Å². The Hall–Kier alpha value is -1.88. The molecule has 5 nitrogen and oxygen atoms in total. The van der Waals surface area contributed by atoms with Crippen LogP contribution in [0, 0.1) is 6.92 Å². The van der Waals surface area contributed by atoms with Crippen LogP contribution < -0.4 is 10.6 Å². The number of nitrogens with zero attached hydrogens (tertiary/aromatic N) is 1. The highest BCUT2D eigenvalue weighted by atomic mass is 16.2. The molecule has 0 aliphatic carbocycles. The van der Waals surface area contributed by atoms with Crippen molar-refractivity contribution < 1.29 is 9.59 Å². The molecule has 0 spiro atoms. The Kier molecular flexibility index (Phi) is 6.37. The van der Waals surface area contributed by atoms with Crippen molar-refractivity contribution in [2.45, 2.75) is 46.3 Å². The maximum absolute atomic E-state index is 12.0. The quantitative estimate of drug-likeness (QED) is 0.873. The van der Waals surface area contributed by atoms with Gasteiger partial charge in [0.2, 0.25) is 5.91 Å². The Balaban J connectivity index is 2.57. The first kappa shape index (κ1) is 17.2. The summed E-state index contributed by atoms with van der Waals surface area (Å²) in [7, 11) is 1.87. The molecule has 0 radical (unpaired) electrons. The van der Waals surface area contributed by atoms with Crippen LogP contribution in [0.4, 0.5) is 4.79 Å². The molecule has 0 fully saturated rings. The van der Waals surface area contributed by atoms with E-state index in [2.05, 4.69) is 10.6 Å². The summed E-state index contributed by atoms with van der Waals surface area (Å²) in [6.45, 7) is 8.18. The van der Waals surface area contributed by atoms with Crippen molar-refractivity contribution in [3.8, 4) is 0 Å². The molecule has 5 heteroatoms. The molecule has 0 saturated carbocycles. The Bertz CT molecular complexity index is 500. The first-order valence-corrected chi connectivity index (χ1v) is 7.17. The van der Waals surface area contributed by atoms with Crippen LogP contribution in [0.25, 0.3) is 0 Å². The maximum Gasteiger partial charge on any atom is 0.321 e. The van der Waals surface area contributed by atoms with E-state index in [9.17, 15) is 9.59 Å². The van der Waals surface area contributed by atoms with Crippen molar-refractivity contribution in [3.05, 3.63) is 35.4 Å². The average Bonchev–Trinajstić information content (AvgIpc) is 2.39. The number of imide groups is 1. The molecule has 21 heavy (non-hydrogen) atoms. The average molecular weight is 291 g/mol. The Morgan fingerprint density at radius 3 is 2.38 bits per heavy atom. The SMILES string of the molecule is Cc1ccccc1CN(C)C(C)C(=O)NC(=O)NC(C)C. The fourth-order valence-electron chi connectivity index (χ4n) is 1.91. The first-order chi connectivity index (χ1) is 9.81. The van der Waals surface area contributed by atoms with Crippen LogP contribution in [0.15, 0.2) is 24.3 Å². The maximum atomic E-state index is 12.0. The van der Waals surface area contributed by atoms with Gasteiger partial charge in [-0.25, -0.2) is 4.79 Å². The molecule has 0 aliphatic heterocycles. The number of hydrogen-bond acceptors (Lipinski definition) is 3. The molecule has 0 saturated heterocycles. The second-order valence-corrected chi connectivity index (χ2v) is 5.63. The molecule has 1 atom stereocenters. The lowest BCUT2D eigenvalue weighted by Gasteiger charge is -2.24. The minimum atomic E-state index is -0.453. The van der Waals surface area contributed by atoms with Crippen LogP contribution in [0.1, 0.15) is 31.9 Å². The highest BCUT2D eigenvalue weighted by molar-refractivity contribution is 5.96. The van der Waals surface area contributed by atoms with Gasteiger partial charge < -0.3 is 5.32 Å². The fourth-order valence-corrected chi connectivity index (χ4v) is 1.91. The summed E-state index contributed by atoms with van der Waals surface area (Å²) in [6, 6.07) is 7.22. The third kappa shape index (κ3) is 5.55. The Morgan fingerprint density at radius 1 is 1.19 bits per heavy atom. The molecule has 1 rings (SSSR count). The summed E-state index contributed by atoms with van der Waals surface area (Å²) < 4.78 is 0. The van der Waals surface area contributed by atoms with Crippen LogP contribution in [0.5, 0.6) is 0 Å². The minimum absolute atomic E-state index is 0.00203. The van der Waals surface area contributed by atoms with Crippen LogP contribution in [0.3, 0.4) is 0 Å². The minimum Gasteiger partial charge on any atom is -0.336 e. The number of aryl methyl sites for hydroxylation is 1. The number of hydrogen-bond donors (Lipinski definition) is 2. The molecule has 1 unspecified atom stereocenters. The van der Waals surface area contributed by atoms with Gasteiger partial charge in [0.05, 0.1) is 6.04 Å². The zero-order chi connectivity index (χ0) is 16.0. The van der Waals surface area contributed by atoms with Crippen molar-refractivity contribution in [1.82, 2.24) is 15.5 Å². The number of nitrogens with one attached hydrogen (secondary N) is 2. The monoisotopic (exact) mass is 291 g/mol. The van der Waals surface area contributed by atoms with Gasteiger partial charge in [-0.1, -0.05) is 24.3 Å².